The van der Waals surface area contributed by atoms with Crippen molar-refractivity contribution in [1.82, 2.24) is 5.16 Å². The Morgan fingerprint density at radius 2 is 2.25 bits per heavy atom. The molecule has 0 atom stereocenters. The van der Waals surface area contributed by atoms with Crippen molar-refractivity contribution in [3.8, 4) is 0 Å². The highest BCUT2D eigenvalue weighted by Gasteiger charge is 2.26. The zero-order valence-electron chi connectivity index (χ0n) is 11.1. The zero-order chi connectivity index (χ0) is 13.4. The quantitative estimate of drug-likeness (QED) is 0.820. The van der Waals surface area contributed by atoms with E-state index in [1.165, 1.54) is 0 Å². The van der Waals surface area contributed by atoms with Crippen LogP contribution in [0, 0.1) is 6.92 Å². The number of aromatic nitrogens is 1. The monoisotopic (exact) mass is 293 g/mol. The number of nitrogens with two attached hydrogens (primary N) is 1. The van der Waals surface area contributed by atoms with Gasteiger partial charge in [0, 0.05) is 24.0 Å². The summed E-state index contributed by atoms with van der Waals surface area (Å²) in [6.45, 7) is 2.47. The number of rotatable bonds is 1. The predicted octanol–water partition coefficient (Wildman–Crippen LogP) is 2.58. The van der Waals surface area contributed by atoms with Crippen LogP contribution in [0.25, 0.3) is 0 Å². The molecule has 20 heavy (non-hydrogen) atoms. The number of anilines is 2. The molecule has 1 aromatic carbocycles. The molecular weight excluding hydrogens is 278 g/mol. The Balaban J connectivity index is 0.00000147. The third-order valence-electron chi connectivity index (χ3n) is 3.37. The summed E-state index contributed by atoms with van der Waals surface area (Å²) in [5.74, 6) is 0.111. The van der Waals surface area contributed by atoms with E-state index in [1.54, 1.807) is 17.9 Å². The van der Waals surface area contributed by atoms with Gasteiger partial charge in [0.25, 0.3) is 5.91 Å². The smallest absolute Gasteiger partial charge is 0.296 e. The highest BCUT2D eigenvalue weighted by Crippen LogP contribution is 2.32. The summed E-state index contributed by atoms with van der Waals surface area (Å²) in [5, 5.41) is 3.76. The van der Waals surface area contributed by atoms with Crippen molar-refractivity contribution >= 4 is 29.7 Å². The lowest BCUT2D eigenvalue weighted by atomic mass is 9.99. The van der Waals surface area contributed by atoms with Gasteiger partial charge in [0.2, 0.25) is 5.76 Å². The molecule has 2 aromatic rings. The average Bonchev–Trinajstić information content (AvgIpc) is 2.85. The van der Waals surface area contributed by atoms with Gasteiger partial charge in [0.1, 0.15) is 0 Å². The highest BCUT2D eigenvalue weighted by atomic mass is 35.5. The number of carbonyl (C=O) groups excluding carboxylic acids is 1. The van der Waals surface area contributed by atoms with Crippen molar-refractivity contribution < 1.29 is 9.32 Å². The molecule has 0 spiro atoms. The molecule has 0 aliphatic carbocycles. The fraction of sp³-hybridized carbons (Fsp3) is 0.286. The number of amides is 1. The molecule has 2 N–H and O–H groups in total. The van der Waals surface area contributed by atoms with Gasteiger partial charge in [-0.15, -0.1) is 12.4 Å². The maximum Gasteiger partial charge on any atom is 0.296 e. The molecule has 1 aliphatic rings. The maximum absolute atomic E-state index is 12.4. The first-order valence-corrected chi connectivity index (χ1v) is 6.29. The van der Waals surface area contributed by atoms with E-state index in [4.69, 9.17) is 10.3 Å². The summed E-state index contributed by atoms with van der Waals surface area (Å²) in [4.78, 5) is 14.2. The van der Waals surface area contributed by atoms with E-state index in [0.29, 0.717) is 12.2 Å². The van der Waals surface area contributed by atoms with E-state index in [1.807, 2.05) is 18.2 Å². The summed E-state index contributed by atoms with van der Waals surface area (Å²) in [6.07, 6.45) is 1.81. The second-order valence-corrected chi connectivity index (χ2v) is 4.74. The van der Waals surface area contributed by atoms with Gasteiger partial charge < -0.3 is 15.2 Å². The summed E-state index contributed by atoms with van der Waals surface area (Å²) in [7, 11) is 0. The van der Waals surface area contributed by atoms with Crippen LogP contribution < -0.4 is 10.6 Å². The highest BCUT2D eigenvalue weighted by molar-refractivity contribution is 6.05. The number of benzene rings is 1. The minimum atomic E-state index is -0.160. The summed E-state index contributed by atoms with van der Waals surface area (Å²) in [5.41, 5.74) is 9.33. The number of aryl methyl sites for hydroxylation is 1. The third kappa shape index (κ3) is 2.36. The number of hydrogen-bond acceptors (Lipinski definition) is 4. The Bertz CT molecular complexity index is 639. The van der Waals surface area contributed by atoms with Crippen LogP contribution in [-0.4, -0.2) is 17.6 Å². The van der Waals surface area contributed by atoms with E-state index >= 15 is 0 Å². The Morgan fingerprint density at radius 1 is 1.45 bits per heavy atom. The van der Waals surface area contributed by atoms with Crippen LogP contribution in [0.4, 0.5) is 11.4 Å². The maximum atomic E-state index is 12.4. The van der Waals surface area contributed by atoms with Crippen molar-refractivity contribution in [2.45, 2.75) is 19.8 Å². The first-order valence-electron chi connectivity index (χ1n) is 6.29. The van der Waals surface area contributed by atoms with Crippen LogP contribution in [0.15, 0.2) is 28.8 Å². The van der Waals surface area contributed by atoms with Crippen molar-refractivity contribution in [2.75, 3.05) is 17.2 Å². The molecule has 1 aromatic heterocycles. The van der Waals surface area contributed by atoms with Crippen molar-refractivity contribution in [2.24, 2.45) is 0 Å². The molecule has 0 bridgehead atoms. The summed E-state index contributed by atoms with van der Waals surface area (Å²) in [6, 6.07) is 7.31. The SMILES string of the molecule is Cc1cc(C(=O)N2CCCc3c(N)cccc32)on1.Cl. The fourth-order valence-corrected chi connectivity index (χ4v) is 2.46. The first kappa shape index (κ1) is 14.4. The molecule has 6 heteroatoms. The number of hydrogen-bond donors (Lipinski definition) is 1. The summed E-state index contributed by atoms with van der Waals surface area (Å²) >= 11 is 0. The standard InChI is InChI=1S/C14H15N3O2.ClH/c1-9-8-13(19-16-9)14(18)17-7-3-4-10-11(15)5-2-6-12(10)17;/h2,5-6,8H,3-4,7,15H2,1H3;1H. The second kappa shape index (κ2) is 5.54. The largest absolute Gasteiger partial charge is 0.398 e. The molecule has 1 aliphatic heterocycles. The van der Waals surface area contributed by atoms with Crippen LogP contribution >= 0.6 is 12.4 Å². The van der Waals surface area contributed by atoms with Crippen molar-refractivity contribution in [3.05, 3.63) is 41.3 Å². The molecule has 0 unspecified atom stereocenters. The van der Waals surface area contributed by atoms with Crippen molar-refractivity contribution in [3.63, 3.8) is 0 Å². The molecule has 106 valence electrons. The van der Waals surface area contributed by atoms with Crippen LogP contribution in [0.2, 0.25) is 0 Å². The van der Waals surface area contributed by atoms with Gasteiger partial charge in [-0.3, -0.25) is 4.79 Å². The average molecular weight is 294 g/mol. The van der Waals surface area contributed by atoms with E-state index in [2.05, 4.69) is 5.16 Å². The summed E-state index contributed by atoms with van der Waals surface area (Å²) < 4.78 is 5.05. The van der Waals surface area contributed by atoms with E-state index in [0.717, 1.165) is 29.8 Å². The molecular formula is C14H16ClN3O2. The topological polar surface area (TPSA) is 72.4 Å². The van der Waals surface area contributed by atoms with Gasteiger partial charge in [-0.2, -0.15) is 0 Å². The lowest BCUT2D eigenvalue weighted by Crippen LogP contribution is -2.35. The van der Waals surface area contributed by atoms with Gasteiger partial charge in [-0.1, -0.05) is 11.2 Å². The lowest BCUT2D eigenvalue weighted by Gasteiger charge is -2.29. The van der Waals surface area contributed by atoms with E-state index in [-0.39, 0.29) is 24.1 Å². The second-order valence-electron chi connectivity index (χ2n) is 4.74. The van der Waals surface area contributed by atoms with E-state index in [9.17, 15) is 4.79 Å². The first-order chi connectivity index (χ1) is 9.16. The van der Waals surface area contributed by atoms with E-state index < -0.39 is 0 Å². The predicted molar refractivity (Wildman–Crippen MR) is 79.3 cm³/mol. The molecule has 0 saturated heterocycles. The molecule has 1 amide bonds. The number of nitrogens with zero attached hydrogens (tertiary/aromatic N) is 2. The molecule has 3 rings (SSSR count). The molecule has 0 radical (unpaired) electrons. The Hall–Kier alpha value is -2.01. The van der Waals surface area contributed by atoms with Crippen LogP contribution in [0.5, 0.6) is 0 Å². The lowest BCUT2D eigenvalue weighted by molar-refractivity contribution is 0.0949. The van der Waals surface area contributed by atoms with Gasteiger partial charge in [-0.05, 0) is 37.5 Å². The number of carbonyl (C=O) groups is 1. The number of nitrogen functional groups attached to an aromatic ring is 1. The third-order valence-corrected chi connectivity index (χ3v) is 3.37. The molecule has 5 nitrogen and oxygen atoms in total. The minimum Gasteiger partial charge on any atom is -0.398 e. The fourth-order valence-electron chi connectivity index (χ4n) is 2.46. The van der Waals surface area contributed by atoms with Gasteiger partial charge >= 0.3 is 0 Å². The van der Waals surface area contributed by atoms with Crippen LogP contribution in [0.1, 0.15) is 28.2 Å². The van der Waals surface area contributed by atoms with Gasteiger partial charge in [0.05, 0.1) is 5.69 Å². The molecule has 0 saturated carbocycles. The number of fused-ring (bicyclic) bond motifs is 1. The zero-order valence-corrected chi connectivity index (χ0v) is 11.9. The van der Waals surface area contributed by atoms with Crippen molar-refractivity contribution in [1.29, 1.82) is 0 Å². The minimum absolute atomic E-state index is 0. The Labute approximate surface area is 123 Å². The molecule has 0 fully saturated rings. The van der Waals surface area contributed by atoms with Crippen LogP contribution in [0.3, 0.4) is 0 Å². The Kier molecular flexibility index (Phi) is 3.99. The molecule has 2 heterocycles. The number of halogens is 1. The van der Waals surface area contributed by atoms with Crippen LogP contribution in [-0.2, 0) is 6.42 Å². The normalized spacial score (nSPS) is 13.6. The Morgan fingerprint density at radius 3 is 2.95 bits per heavy atom. The van der Waals surface area contributed by atoms with Gasteiger partial charge in [-0.25, -0.2) is 0 Å². The van der Waals surface area contributed by atoms with Gasteiger partial charge in [0.15, 0.2) is 0 Å².